The SMILES string of the molecule is Cc1ccc(-n2c(C)c(Nc3ccccc3)c(=O)c(C)c2C(OC(C)(C)C)C(=O)O)cc1C. The zero-order valence-electron chi connectivity index (χ0n) is 20.3. The van der Waals surface area contributed by atoms with Gasteiger partial charge in [-0.2, -0.15) is 0 Å². The molecule has 2 N–H and O–H groups in total. The summed E-state index contributed by atoms with van der Waals surface area (Å²) in [6, 6.07) is 15.4. The molecule has 1 unspecified atom stereocenters. The van der Waals surface area contributed by atoms with Crippen LogP contribution in [0.25, 0.3) is 5.69 Å². The van der Waals surface area contributed by atoms with Crippen molar-refractivity contribution < 1.29 is 14.6 Å². The number of para-hydroxylation sites is 1. The third kappa shape index (κ3) is 5.17. The number of aromatic nitrogens is 1. The summed E-state index contributed by atoms with van der Waals surface area (Å²) in [5.74, 6) is -1.15. The van der Waals surface area contributed by atoms with Crippen LogP contribution in [-0.2, 0) is 9.53 Å². The second-order valence-corrected chi connectivity index (χ2v) is 9.34. The molecule has 3 rings (SSSR count). The highest BCUT2D eigenvalue weighted by Crippen LogP contribution is 2.32. The molecule has 6 nitrogen and oxygen atoms in total. The van der Waals surface area contributed by atoms with Crippen LogP contribution in [0.2, 0.25) is 0 Å². The van der Waals surface area contributed by atoms with Gasteiger partial charge in [0, 0.05) is 22.6 Å². The van der Waals surface area contributed by atoms with Crippen LogP contribution < -0.4 is 10.7 Å². The molecule has 0 saturated carbocycles. The largest absolute Gasteiger partial charge is 0.479 e. The number of anilines is 2. The number of nitrogens with one attached hydrogen (secondary N) is 1. The van der Waals surface area contributed by atoms with Crippen molar-refractivity contribution in [3.05, 3.63) is 86.8 Å². The number of pyridine rings is 1. The molecule has 0 bridgehead atoms. The molecule has 3 aromatic rings. The van der Waals surface area contributed by atoms with Crippen LogP contribution in [0.4, 0.5) is 11.4 Å². The van der Waals surface area contributed by atoms with E-state index >= 15 is 0 Å². The summed E-state index contributed by atoms with van der Waals surface area (Å²) in [6.45, 7) is 12.9. The van der Waals surface area contributed by atoms with Gasteiger partial charge in [0.2, 0.25) is 5.43 Å². The summed E-state index contributed by atoms with van der Waals surface area (Å²) < 4.78 is 7.80. The average molecular weight is 449 g/mol. The fourth-order valence-corrected chi connectivity index (χ4v) is 3.83. The minimum absolute atomic E-state index is 0.254. The molecule has 0 saturated heterocycles. The van der Waals surface area contributed by atoms with Crippen molar-refractivity contribution in [3.63, 3.8) is 0 Å². The lowest BCUT2D eigenvalue weighted by molar-refractivity contribution is -0.161. The lowest BCUT2D eigenvalue weighted by Gasteiger charge is -2.30. The average Bonchev–Trinajstić information content (AvgIpc) is 2.74. The lowest BCUT2D eigenvalue weighted by Crippen LogP contribution is -2.33. The Labute approximate surface area is 194 Å². The number of nitrogens with zero attached hydrogens (tertiary/aromatic N) is 1. The molecule has 0 aliphatic carbocycles. The molecule has 0 aliphatic rings. The first-order chi connectivity index (χ1) is 15.4. The van der Waals surface area contributed by atoms with Crippen LogP contribution in [0.1, 0.15) is 55.0 Å². The van der Waals surface area contributed by atoms with E-state index in [1.54, 1.807) is 27.7 Å². The third-order valence-electron chi connectivity index (χ3n) is 5.63. The van der Waals surface area contributed by atoms with E-state index < -0.39 is 17.7 Å². The van der Waals surface area contributed by atoms with E-state index in [1.165, 1.54) is 0 Å². The van der Waals surface area contributed by atoms with Crippen molar-refractivity contribution >= 4 is 17.3 Å². The summed E-state index contributed by atoms with van der Waals surface area (Å²) in [6.07, 6.45) is -1.32. The van der Waals surface area contributed by atoms with E-state index in [2.05, 4.69) is 5.32 Å². The summed E-state index contributed by atoms with van der Waals surface area (Å²) >= 11 is 0. The Hall–Kier alpha value is -3.38. The van der Waals surface area contributed by atoms with E-state index in [1.807, 2.05) is 73.9 Å². The minimum Gasteiger partial charge on any atom is -0.479 e. The molecule has 0 amide bonds. The maximum absolute atomic E-state index is 13.5. The fraction of sp³-hybridized carbons (Fsp3) is 0.333. The minimum atomic E-state index is -1.32. The van der Waals surface area contributed by atoms with Gasteiger partial charge in [0.25, 0.3) is 0 Å². The van der Waals surface area contributed by atoms with Crippen LogP contribution in [0.3, 0.4) is 0 Å². The monoisotopic (exact) mass is 448 g/mol. The maximum Gasteiger partial charge on any atom is 0.339 e. The lowest BCUT2D eigenvalue weighted by atomic mass is 10.0. The van der Waals surface area contributed by atoms with Gasteiger partial charge in [0.1, 0.15) is 5.69 Å². The molecule has 33 heavy (non-hydrogen) atoms. The Balaban J connectivity index is 2.37. The normalized spacial score (nSPS) is 12.5. The van der Waals surface area contributed by atoms with Crippen molar-refractivity contribution in [1.29, 1.82) is 0 Å². The summed E-state index contributed by atoms with van der Waals surface area (Å²) in [5, 5.41) is 13.4. The molecule has 0 radical (unpaired) electrons. The maximum atomic E-state index is 13.5. The number of carboxylic acid groups (broad SMARTS) is 1. The number of hydrogen-bond acceptors (Lipinski definition) is 4. The van der Waals surface area contributed by atoms with Crippen LogP contribution in [-0.4, -0.2) is 21.2 Å². The van der Waals surface area contributed by atoms with Gasteiger partial charge in [0.05, 0.1) is 11.3 Å². The second kappa shape index (κ2) is 9.24. The van der Waals surface area contributed by atoms with Gasteiger partial charge in [0.15, 0.2) is 6.10 Å². The Bertz CT molecular complexity index is 1240. The number of benzene rings is 2. The predicted octanol–water partition coefficient (Wildman–Crippen LogP) is 5.76. The van der Waals surface area contributed by atoms with E-state index in [0.717, 1.165) is 22.5 Å². The van der Waals surface area contributed by atoms with Gasteiger partial charge in [-0.3, -0.25) is 4.79 Å². The van der Waals surface area contributed by atoms with Crippen molar-refractivity contribution in [2.45, 2.75) is 60.2 Å². The number of aryl methyl sites for hydroxylation is 2. The van der Waals surface area contributed by atoms with E-state index in [4.69, 9.17) is 4.74 Å². The molecule has 2 aromatic carbocycles. The standard InChI is InChI=1S/C27H32N2O4/c1-16-13-14-21(15-17(16)2)29-19(4)22(28-20-11-9-8-10-12-20)24(30)18(3)23(29)25(26(31)32)33-27(5,6)7/h8-15,25,28H,1-7H3,(H,31,32). The van der Waals surface area contributed by atoms with Crippen LogP contribution in [0, 0.1) is 27.7 Å². The highest BCUT2D eigenvalue weighted by Gasteiger charge is 2.33. The smallest absolute Gasteiger partial charge is 0.339 e. The quantitative estimate of drug-likeness (QED) is 0.501. The highest BCUT2D eigenvalue weighted by molar-refractivity contribution is 5.76. The van der Waals surface area contributed by atoms with Crippen LogP contribution in [0.5, 0.6) is 0 Å². The number of carbonyl (C=O) groups is 1. The number of ether oxygens (including phenoxy) is 1. The highest BCUT2D eigenvalue weighted by atomic mass is 16.5. The zero-order valence-corrected chi connectivity index (χ0v) is 20.3. The van der Waals surface area contributed by atoms with Gasteiger partial charge in [-0.05, 0) is 83.9 Å². The van der Waals surface area contributed by atoms with Gasteiger partial charge in [-0.1, -0.05) is 24.3 Å². The first-order valence-corrected chi connectivity index (χ1v) is 11.0. The van der Waals surface area contributed by atoms with Crippen LogP contribution in [0.15, 0.2) is 53.3 Å². The number of aliphatic carboxylic acids is 1. The molecule has 1 atom stereocenters. The Morgan fingerprint density at radius 2 is 1.64 bits per heavy atom. The second-order valence-electron chi connectivity index (χ2n) is 9.34. The van der Waals surface area contributed by atoms with Crippen LogP contribution >= 0.6 is 0 Å². The Morgan fingerprint density at radius 3 is 2.18 bits per heavy atom. The Morgan fingerprint density at radius 1 is 1.00 bits per heavy atom. The fourth-order valence-electron chi connectivity index (χ4n) is 3.83. The molecule has 0 fully saturated rings. The van der Waals surface area contributed by atoms with E-state index in [0.29, 0.717) is 22.6 Å². The van der Waals surface area contributed by atoms with Gasteiger partial charge >= 0.3 is 5.97 Å². The van der Waals surface area contributed by atoms with E-state index in [9.17, 15) is 14.7 Å². The van der Waals surface area contributed by atoms with Gasteiger partial charge in [-0.25, -0.2) is 4.79 Å². The van der Waals surface area contributed by atoms with E-state index in [-0.39, 0.29) is 5.43 Å². The van der Waals surface area contributed by atoms with Crippen molar-refractivity contribution in [2.75, 3.05) is 5.32 Å². The van der Waals surface area contributed by atoms with Gasteiger partial charge < -0.3 is 19.7 Å². The summed E-state index contributed by atoms with van der Waals surface area (Å²) in [4.78, 5) is 25.9. The Kier molecular flexibility index (Phi) is 6.79. The van der Waals surface area contributed by atoms with Crippen molar-refractivity contribution in [3.8, 4) is 5.69 Å². The molecule has 1 aromatic heterocycles. The van der Waals surface area contributed by atoms with Crippen molar-refractivity contribution in [2.24, 2.45) is 0 Å². The predicted molar refractivity (Wildman–Crippen MR) is 132 cm³/mol. The zero-order chi connectivity index (χ0) is 24.5. The third-order valence-corrected chi connectivity index (χ3v) is 5.63. The molecule has 0 aliphatic heterocycles. The summed E-state index contributed by atoms with van der Waals surface area (Å²) in [7, 11) is 0. The number of rotatable bonds is 6. The topological polar surface area (TPSA) is 80.6 Å². The first kappa shape index (κ1) is 24.3. The van der Waals surface area contributed by atoms with Gasteiger partial charge in [-0.15, -0.1) is 0 Å². The number of carboxylic acids is 1. The molecular weight excluding hydrogens is 416 g/mol. The number of hydrogen-bond donors (Lipinski definition) is 2. The molecule has 1 heterocycles. The van der Waals surface area contributed by atoms with Crippen molar-refractivity contribution in [1.82, 2.24) is 4.57 Å². The molecule has 0 spiro atoms. The summed E-state index contributed by atoms with van der Waals surface area (Å²) in [5.41, 5.74) is 4.41. The molecular formula is C27H32N2O4. The molecule has 6 heteroatoms. The first-order valence-electron chi connectivity index (χ1n) is 11.0. The molecule has 174 valence electrons.